The van der Waals surface area contributed by atoms with Gasteiger partial charge in [0.2, 0.25) is 11.9 Å². The smallest absolute Gasteiger partial charge is 0.220 e. The Hall–Kier alpha value is -2.44. The van der Waals surface area contributed by atoms with Crippen LogP contribution in [0.5, 0.6) is 5.75 Å². The minimum atomic E-state index is -0.457. The van der Waals surface area contributed by atoms with Gasteiger partial charge in [-0.1, -0.05) is 6.42 Å². The summed E-state index contributed by atoms with van der Waals surface area (Å²) in [5.74, 6) is 1.38. The van der Waals surface area contributed by atoms with E-state index in [1.54, 1.807) is 7.11 Å². The minimum absolute atomic E-state index is 0.259. The fraction of sp³-hybridized carbons (Fsp3) is 0.529. The largest absolute Gasteiger partial charge is 0.494 e. The predicted octanol–water partition coefficient (Wildman–Crippen LogP) is 1.87. The first-order valence-electron chi connectivity index (χ1n) is 8.32. The Morgan fingerprint density at radius 3 is 2.50 bits per heavy atom. The van der Waals surface area contributed by atoms with Crippen LogP contribution in [0.15, 0.2) is 28.2 Å². The number of guanidine groups is 2. The molecular weight excluding hydrogens is 304 g/mol. The highest BCUT2D eigenvalue weighted by Crippen LogP contribution is 2.43. The van der Waals surface area contributed by atoms with Crippen molar-refractivity contribution in [1.82, 2.24) is 0 Å². The summed E-state index contributed by atoms with van der Waals surface area (Å²) in [6, 6.07) is 6.06. The molecule has 1 aromatic carbocycles. The number of ether oxygens (including phenoxy) is 1. The second-order valence-corrected chi connectivity index (χ2v) is 6.57. The molecule has 1 spiro atoms. The minimum Gasteiger partial charge on any atom is -0.494 e. The van der Waals surface area contributed by atoms with Crippen LogP contribution in [0.1, 0.15) is 32.1 Å². The van der Waals surface area contributed by atoms with E-state index in [2.05, 4.69) is 4.99 Å². The van der Waals surface area contributed by atoms with Crippen molar-refractivity contribution in [1.29, 1.82) is 0 Å². The van der Waals surface area contributed by atoms with Crippen molar-refractivity contribution < 1.29 is 4.74 Å². The standard InChI is InChI=1S/C17H26N6O/c1-22(2)12-7-8-13(14(11-12)24-3)23-16(19)20-15(18)21-17(23)9-5-4-6-10-17/h7-8,11H,4-6,9-10H2,1-3H3,(H4,18,19,20,21). The lowest BCUT2D eigenvalue weighted by Gasteiger charge is -2.46. The summed E-state index contributed by atoms with van der Waals surface area (Å²) in [5, 5.41) is 0. The molecule has 1 aromatic rings. The predicted molar refractivity (Wildman–Crippen MR) is 98.9 cm³/mol. The second kappa shape index (κ2) is 6.22. The number of aliphatic imine (C=N–C) groups is 2. The summed E-state index contributed by atoms with van der Waals surface area (Å²) >= 11 is 0. The van der Waals surface area contributed by atoms with E-state index in [1.807, 2.05) is 42.1 Å². The number of hydrogen-bond donors (Lipinski definition) is 2. The summed E-state index contributed by atoms with van der Waals surface area (Å²) in [5.41, 5.74) is 13.7. The third-order valence-corrected chi connectivity index (χ3v) is 4.77. The van der Waals surface area contributed by atoms with Gasteiger partial charge in [0.05, 0.1) is 12.8 Å². The second-order valence-electron chi connectivity index (χ2n) is 6.57. The van der Waals surface area contributed by atoms with Crippen LogP contribution in [0, 0.1) is 0 Å². The molecule has 2 aliphatic rings. The van der Waals surface area contributed by atoms with Gasteiger partial charge in [-0.3, -0.25) is 4.90 Å². The fourth-order valence-corrected chi connectivity index (χ4v) is 3.60. The highest BCUT2D eigenvalue weighted by molar-refractivity contribution is 6.06. The maximum Gasteiger partial charge on any atom is 0.220 e. The summed E-state index contributed by atoms with van der Waals surface area (Å²) in [7, 11) is 5.66. The maximum atomic E-state index is 6.28. The van der Waals surface area contributed by atoms with E-state index in [9.17, 15) is 0 Å². The Labute approximate surface area is 143 Å². The van der Waals surface area contributed by atoms with E-state index in [1.165, 1.54) is 6.42 Å². The molecule has 0 atom stereocenters. The summed E-state index contributed by atoms with van der Waals surface area (Å²) in [6.07, 6.45) is 5.21. The molecule has 1 saturated carbocycles. The fourth-order valence-electron chi connectivity index (χ4n) is 3.60. The molecule has 7 heteroatoms. The van der Waals surface area contributed by atoms with Crippen molar-refractivity contribution in [3.8, 4) is 5.75 Å². The SMILES string of the molecule is COc1cc(N(C)C)ccc1N1C(N)=NC(N)=NC12CCCCC2. The maximum absolute atomic E-state index is 6.28. The zero-order valence-electron chi connectivity index (χ0n) is 14.6. The van der Waals surface area contributed by atoms with Crippen LogP contribution in [0.3, 0.4) is 0 Å². The van der Waals surface area contributed by atoms with Gasteiger partial charge in [0, 0.05) is 25.8 Å². The number of methoxy groups -OCH3 is 1. The Kier molecular flexibility index (Phi) is 4.26. The Bertz CT molecular complexity index is 676. The summed E-state index contributed by atoms with van der Waals surface area (Å²) in [6.45, 7) is 0. The first kappa shape index (κ1) is 16.4. The molecule has 4 N–H and O–H groups in total. The highest BCUT2D eigenvalue weighted by atomic mass is 16.5. The molecule has 1 fully saturated rings. The van der Waals surface area contributed by atoms with E-state index < -0.39 is 5.66 Å². The normalized spacial score (nSPS) is 19.7. The van der Waals surface area contributed by atoms with E-state index in [-0.39, 0.29) is 5.96 Å². The number of anilines is 2. The van der Waals surface area contributed by atoms with Crippen molar-refractivity contribution in [2.24, 2.45) is 21.5 Å². The zero-order chi connectivity index (χ0) is 17.3. The van der Waals surface area contributed by atoms with Gasteiger partial charge in [-0.05, 0) is 37.8 Å². The van der Waals surface area contributed by atoms with Crippen LogP contribution in [0.2, 0.25) is 0 Å². The number of benzene rings is 1. The van der Waals surface area contributed by atoms with E-state index in [4.69, 9.17) is 21.2 Å². The molecule has 0 saturated heterocycles. The lowest BCUT2D eigenvalue weighted by molar-refractivity contribution is 0.303. The van der Waals surface area contributed by atoms with Crippen LogP contribution in [-0.2, 0) is 0 Å². The molecule has 130 valence electrons. The van der Waals surface area contributed by atoms with E-state index in [0.717, 1.165) is 42.8 Å². The molecule has 1 heterocycles. The van der Waals surface area contributed by atoms with Crippen LogP contribution in [0.4, 0.5) is 11.4 Å². The first-order valence-corrected chi connectivity index (χ1v) is 8.32. The lowest BCUT2D eigenvalue weighted by atomic mass is 9.87. The van der Waals surface area contributed by atoms with Gasteiger partial charge in [-0.15, -0.1) is 0 Å². The van der Waals surface area contributed by atoms with Gasteiger partial charge in [0.25, 0.3) is 0 Å². The van der Waals surface area contributed by atoms with Gasteiger partial charge in [-0.25, -0.2) is 4.99 Å². The average molecular weight is 330 g/mol. The number of nitrogens with two attached hydrogens (primary N) is 2. The zero-order valence-corrected chi connectivity index (χ0v) is 14.6. The Morgan fingerprint density at radius 1 is 1.17 bits per heavy atom. The van der Waals surface area contributed by atoms with Gasteiger partial charge >= 0.3 is 0 Å². The molecule has 7 nitrogen and oxygen atoms in total. The molecule has 1 aliphatic heterocycles. The van der Waals surface area contributed by atoms with Crippen LogP contribution in [-0.4, -0.2) is 38.8 Å². The quantitative estimate of drug-likeness (QED) is 0.882. The molecule has 0 radical (unpaired) electrons. The number of rotatable bonds is 3. The van der Waals surface area contributed by atoms with Crippen molar-refractivity contribution in [2.75, 3.05) is 31.0 Å². The van der Waals surface area contributed by atoms with Crippen LogP contribution >= 0.6 is 0 Å². The molecule has 0 bridgehead atoms. The third kappa shape index (κ3) is 2.74. The Balaban J connectivity index is 2.10. The van der Waals surface area contributed by atoms with Crippen molar-refractivity contribution >= 4 is 23.3 Å². The molecular formula is C17H26N6O. The van der Waals surface area contributed by atoms with Gasteiger partial charge < -0.3 is 21.1 Å². The molecule has 24 heavy (non-hydrogen) atoms. The summed E-state index contributed by atoms with van der Waals surface area (Å²) < 4.78 is 5.64. The molecule has 0 aromatic heterocycles. The monoisotopic (exact) mass is 330 g/mol. The van der Waals surface area contributed by atoms with Crippen molar-refractivity contribution in [2.45, 2.75) is 37.8 Å². The van der Waals surface area contributed by atoms with Gasteiger partial charge in [-0.2, -0.15) is 4.99 Å². The molecule has 3 rings (SSSR count). The third-order valence-electron chi connectivity index (χ3n) is 4.77. The topological polar surface area (TPSA) is 92.5 Å². The van der Waals surface area contributed by atoms with Crippen LogP contribution in [0.25, 0.3) is 0 Å². The average Bonchev–Trinajstić information content (AvgIpc) is 2.54. The number of hydrogen-bond acceptors (Lipinski definition) is 7. The van der Waals surface area contributed by atoms with Crippen molar-refractivity contribution in [3.05, 3.63) is 18.2 Å². The molecule has 0 amide bonds. The first-order chi connectivity index (χ1) is 11.5. The lowest BCUT2D eigenvalue weighted by Crippen LogP contribution is -2.58. The molecule has 0 unspecified atom stereocenters. The van der Waals surface area contributed by atoms with Crippen LogP contribution < -0.4 is 26.0 Å². The Morgan fingerprint density at radius 2 is 1.88 bits per heavy atom. The van der Waals surface area contributed by atoms with Crippen molar-refractivity contribution in [3.63, 3.8) is 0 Å². The van der Waals surface area contributed by atoms with E-state index >= 15 is 0 Å². The number of nitrogens with zero attached hydrogens (tertiary/aromatic N) is 4. The summed E-state index contributed by atoms with van der Waals surface area (Å²) in [4.78, 5) is 12.9. The van der Waals surface area contributed by atoms with E-state index in [0.29, 0.717) is 5.96 Å². The molecule has 1 aliphatic carbocycles. The highest BCUT2D eigenvalue weighted by Gasteiger charge is 2.43. The van der Waals surface area contributed by atoms with Gasteiger partial charge in [0.1, 0.15) is 11.4 Å². The van der Waals surface area contributed by atoms with Gasteiger partial charge in [0.15, 0.2) is 0 Å².